The molecule has 0 saturated heterocycles. The highest BCUT2D eigenvalue weighted by Crippen LogP contribution is 2.36. The molecule has 0 N–H and O–H groups in total. The highest BCUT2D eigenvalue weighted by molar-refractivity contribution is 5.58. The Hall–Kier alpha value is -0.330. The average molecular weight is 140 g/mol. The summed E-state index contributed by atoms with van der Waals surface area (Å²) in [5.41, 5.74) is 0.0116. The first-order chi connectivity index (χ1) is 4.66. The van der Waals surface area contributed by atoms with E-state index in [1.807, 2.05) is 0 Å². The number of carbonyl (C=O) groups is 1. The average Bonchev–Trinajstić information content (AvgIpc) is 1.88. The van der Waals surface area contributed by atoms with Crippen LogP contribution in [0.1, 0.15) is 39.5 Å². The molecule has 0 heterocycles. The summed E-state index contributed by atoms with van der Waals surface area (Å²) < 4.78 is 0. The van der Waals surface area contributed by atoms with E-state index in [4.69, 9.17) is 0 Å². The molecule has 0 aromatic carbocycles. The molecule has 0 unspecified atom stereocenters. The van der Waals surface area contributed by atoms with Gasteiger partial charge in [-0.1, -0.05) is 26.7 Å². The molecule has 0 aromatic rings. The minimum atomic E-state index is 0.0116. The van der Waals surface area contributed by atoms with Crippen LogP contribution in [0.4, 0.5) is 0 Å². The van der Waals surface area contributed by atoms with E-state index in [9.17, 15) is 4.79 Å². The van der Waals surface area contributed by atoms with Gasteiger partial charge < -0.3 is 4.79 Å². The van der Waals surface area contributed by atoms with Crippen LogP contribution in [0.2, 0.25) is 0 Å². The molecular formula is C9H16O. The fourth-order valence-corrected chi connectivity index (χ4v) is 1.96. The molecule has 0 bridgehead atoms. The fourth-order valence-electron chi connectivity index (χ4n) is 1.96. The van der Waals surface area contributed by atoms with Crippen LogP contribution in [0.5, 0.6) is 0 Å². The van der Waals surface area contributed by atoms with E-state index in [-0.39, 0.29) is 5.41 Å². The molecule has 10 heavy (non-hydrogen) atoms. The van der Waals surface area contributed by atoms with Crippen molar-refractivity contribution in [2.75, 3.05) is 0 Å². The van der Waals surface area contributed by atoms with Crippen molar-refractivity contribution in [3.05, 3.63) is 0 Å². The molecule has 0 amide bonds. The van der Waals surface area contributed by atoms with Crippen LogP contribution in [-0.4, -0.2) is 6.29 Å². The van der Waals surface area contributed by atoms with Crippen LogP contribution in [0.25, 0.3) is 0 Å². The Morgan fingerprint density at radius 2 is 2.30 bits per heavy atom. The summed E-state index contributed by atoms with van der Waals surface area (Å²) in [4.78, 5) is 10.6. The van der Waals surface area contributed by atoms with Crippen molar-refractivity contribution in [3.8, 4) is 0 Å². The zero-order chi connectivity index (χ0) is 7.61. The smallest absolute Gasteiger partial charge is 0.125 e. The topological polar surface area (TPSA) is 17.1 Å². The molecular weight excluding hydrogens is 124 g/mol. The standard InChI is InChI=1S/C9H16O/c1-8-4-3-5-9(2,6-8)7-10/h7-8H,3-6H2,1-2H3/t8-,9-/m0/s1. The van der Waals surface area contributed by atoms with Crippen molar-refractivity contribution < 1.29 is 4.79 Å². The maximum Gasteiger partial charge on any atom is 0.125 e. The van der Waals surface area contributed by atoms with Crippen molar-refractivity contribution in [1.29, 1.82) is 0 Å². The quantitative estimate of drug-likeness (QED) is 0.511. The maximum absolute atomic E-state index is 10.6. The molecule has 0 spiro atoms. The van der Waals surface area contributed by atoms with E-state index in [2.05, 4.69) is 13.8 Å². The number of carbonyl (C=O) groups excluding carboxylic acids is 1. The van der Waals surface area contributed by atoms with Gasteiger partial charge in [0.25, 0.3) is 0 Å². The van der Waals surface area contributed by atoms with E-state index < -0.39 is 0 Å². The van der Waals surface area contributed by atoms with Crippen LogP contribution in [0.15, 0.2) is 0 Å². The third-order valence-electron chi connectivity index (χ3n) is 2.54. The molecule has 58 valence electrons. The molecule has 0 aliphatic heterocycles. The number of aldehydes is 1. The second kappa shape index (κ2) is 2.73. The van der Waals surface area contributed by atoms with Crippen molar-refractivity contribution in [2.24, 2.45) is 11.3 Å². The second-order valence-corrected chi connectivity index (χ2v) is 3.97. The zero-order valence-corrected chi connectivity index (χ0v) is 6.89. The van der Waals surface area contributed by atoms with Crippen LogP contribution >= 0.6 is 0 Å². The minimum Gasteiger partial charge on any atom is -0.303 e. The van der Waals surface area contributed by atoms with Crippen molar-refractivity contribution in [3.63, 3.8) is 0 Å². The van der Waals surface area contributed by atoms with E-state index in [1.54, 1.807) is 0 Å². The van der Waals surface area contributed by atoms with Gasteiger partial charge in [0.2, 0.25) is 0 Å². The third kappa shape index (κ3) is 1.59. The molecule has 1 rings (SSSR count). The first kappa shape index (κ1) is 7.77. The normalized spacial score (nSPS) is 41.2. The maximum atomic E-state index is 10.6. The lowest BCUT2D eigenvalue weighted by molar-refractivity contribution is -0.117. The summed E-state index contributed by atoms with van der Waals surface area (Å²) in [5, 5.41) is 0. The monoisotopic (exact) mass is 140 g/mol. The molecule has 1 aliphatic carbocycles. The SMILES string of the molecule is C[C@H]1CCC[C@](C)(C=O)C1. The molecule has 0 aromatic heterocycles. The first-order valence-electron chi connectivity index (χ1n) is 4.13. The molecule has 1 aliphatic rings. The van der Waals surface area contributed by atoms with Crippen molar-refractivity contribution >= 4 is 6.29 Å². The van der Waals surface area contributed by atoms with Gasteiger partial charge >= 0.3 is 0 Å². The Morgan fingerprint density at radius 1 is 1.60 bits per heavy atom. The van der Waals surface area contributed by atoms with Gasteiger partial charge in [0.15, 0.2) is 0 Å². The van der Waals surface area contributed by atoms with Gasteiger partial charge in [0, 0.05) is 5.41 Å². The van der Waals surface area contributed by atoms with Crippen LogP contribution in [0.3, 0.4) is 0 Å². The number of hydrogen-bond donors (Lipinski definition) is 0. The van der Waals surface area contributed by atoms with Crippen LogP contribution < -0.4 is 0 Å². The van der Waals surface area contributed by atoms with Crippen LogP contribution in [0, 0.1) is 11.3 Å². The fraction of sp³-hybridized carbons (Fsp3) is 0.889. The van der Waals surface area contributed by atoms with Gasteiger partial charge in [-0.25, -0.2) is 0 Å². The van der Waals surface area contributed by atoms with E-state index >= 15 is 0 Å². The number of hydrogen-bond acceptors (Lipinski definition) is 1. The molecule has 0 radical (unpaired) electrons. The predicted molar refractivity (Wildman–Crippen MR) is 41.8 cm³/mol. The summed E-state index contributed by atoms with van der Waals surface area (Å²) in [6.45, 7) is 4.32. The van der Waals surface area contributed by atoms with Gasteiger partial charge in [0.1, 0.15) is 6.29 Å². The van der Waals surface area contributed by atoms with Crippen LogP contribution in [-0.2, 0) is 4.79 Å². The molecule has 2 atom stereocenters. The molecule has 1 nitrogen and oxygen atoms in total. The summed E-state index contributed by atoms with van der Waals surface area (Å²) in [6.07, 6.45) is 5.87. The third-order valence-corrected chi connectivity index (χ3v) is 2.54. The van der Waals surface area contributed by atoms with E-state index in [1.165, 1.54) is 12.8 Å². The van der Waals surface area contributed by atoms with E-state index in [0.29, 0.717) is 0 Å². The molecule has 1 saturated carbocycles. The molecule has 1 heteroatoms. The summed E-state index contributed by atoms with van der Waals surface area (Å²) >= 11 is 0. The molecule has 1 fully saturated rings. The summed E-state index contributed by atoms with van der Waals surface area (Å²) in [5.74, 6) is 0.754. The lowest BCUT2D eigenvalue weighted by Crippen LogP contribution is -2.25. The predicted octanol–water partition coefficient (Wildman–Crippen LogP) is 2.40. The van der Waals surface area contributed by atoms with Gasteiger partial charge in [-0.2, -0.15) is 0 Å². The Morgan fingerprint density at radius 3 is 2.70 bits per heavy atom. The minimum absolute atomic E-state index is 0.0116. The van der Waals surface area contributed by atoms with Gasteiger partial charge in [-0.3, -0.25) is 0 Å². The Bertz CT molecular complexity index is 131. The Kier molecular flexibility index (Phi) is 2.12. The second-order valence-electron chi connectivity index (χ2n) is 3.97. The Labute approximate surface area is 62.8 Å². The van der Waals surface area contributed by atoms with Crippen molar-refractivity contribution in [1.82, 2.24) is 0 Å². The summed E-state index contributed by atoms with van der Waals surface area (Å²) in [6, 6.07) is 0. The van der Waals surface area contributed by atoms with Gasteiger partial charge in [0.05, 0.1) is 0 Å². The van der Waals surface area contributed by atoms with Gasteiger partial charge in [-0.15, -0.1) is 0 Å². The lowest BCUT2D eigenvalue weighted by atomic mass is 9.72. The first-order valence-corrected chi connectivity index (χ1v) is 4.13. The van der Waals surface area contributed by atoms with Crippen molar-refractivity contribution in [2.45, 2.75) is 39.5 Å². The largest absolute Gasteiger partial charge is 0.303 e. The van der Waals surface area contributed by atoms with Gasteiger partial charge in [-0.05, 0) is 18.8 Å². The highest BCUT2D eigenvalue weighted by Gasteiger charge is 2.29. The highest BCUT2D eigenvalue weighted by atomic mass is 16.1. The van der Waals surface area contributed by atoms with E-state index in [0.717, 1.165) is 25.0 Å². The lowest BCUT2D eigenvalue weighted by Gasteiger charge is -2.31. The summed E-state index contributed by atoms with van der Waals surface area (Å²) in [7, 11) is 0. The number of rotatable bonds is 1. The zero-order valence-electron chi connectivity index (χ0n) is 6.89. The Balaban J connectivity index is 2.53.